The molecule has 144 valence electrons. The van der Waals surface area contributed by atoms with Crippen LogP contribution >= 0.6 is 0 Å². The second-order valence-corrected chi connectivity index (χ2v) is 6.62. The van der Waals surface area contributed by atoms with Gasteiger partial charge in [0.15, 0.2) is 11.5 Å². The summed E-state index contributed by atoms with van der Waals surface area (Å²) in [6, 6.07) is 7.62. The molecule has 3 heterocycles. The van der Waals surface area contributed by atoms with Crippen molar-refractivity contribution in [3.05, 3.63) is 36.7 Å². The van der Waals surface area contributed by atoms with Gasteiger partial charge in [0.05, 0.1) is 32.5 Å². The fourth-order valence-corrected chi connectivity index (χ4v) is 3.30. The quantitative estimate of drug-likeness (QED) is 0.686. The fraction of sp³-hybridized carbons (Fsp3) is 0.300. The SMILES string of the molecule is COc1cc2nncc(-c3ccc(N4CCN(C)C(=O)C4)nc3)c2cc1OC. The van der Waals surface area contributed by atoms with E-state index in [-0.39, 0.29) is 5.91 Å². The van der Waals surface area contributed by atoms with Gasteiger partial charge in [-0.2, -0.15) is 10.2 Å². The van der Waals surface area contributed by atoms with Gasteiger partial charge in [0.1, 0.15) is 5.82 Å². The predicted octanol–water partition coefficient (Wildman–Crippen LogP) is 1.99. The van der Waals surface area contributed by atoms with Gasteiger partial charge in [0.2, 0.25) is 5.91 Å². The molecule has 2 aromatic heterocycles. The first kappa shape index (κ1) is 18.0. The van der Waals surface area contributed by atoms with Crippen molar-refractivity contribution in [1.29, 1.82) is 0 Å². The molecule has 28 heavy (non-hydrogen) atoms. The number of carbonyl (C=O) groups excluding carboxylic acids is 1. The molecule has 8 nitrogen and oxygen atoms in total. The molecule has 1 amide bonds. The highest BCUT2D eigenvalue weighted by molar-refractivity contribution is 5.95. The highest BCUT2D eigenvalue weighted by atomic mass is 16.5. The van der Waals surface area contributed by atoms with E-state index in [1.165, 1.54) is 0 Å². The molecule has 0 atom stereocenters. The number of methoxy groups -OCH3 is 2. The third-order valence-corrected chi connectivity index (χ3v) is 4.98. The first-order valence-electron chi connectivity index (χ1n) is 8.93. The van der Waals surface area contributed by atoms with Crippen LogP contribution in [-0.4, -0.2) is 66.9 Å². The molecule has 0 saturated carbocycles. The number of hydrogen-bond acceptors (Lipinski definition) is 7. The van der Waals surface area contributed by atoms with Gasteiger partial charge in [-0.3, -0.25) is 4.79 Å². The van der Waals surface area contributed by atoms with E-state index >= 15 is 0 Å². The molecule has 0 aliphatic carbocycles. The molecule has 3 aromatic rings. The molecule has 1 saturated heterocycles. The highest BCUT2D eigenvalue weighted by Crippen LogP contribution is 2.35. The van der Waals surface area contributed by atoms with Crippen molar-refractivity contribution in [3.63, 3.8) is 0 Å². The molecule has 0 spiro atoms. The summed E-state index contributed by atoms with van der Waals surface area (Å²) in [5, 5.41) is 9.22. The lowest BCUT2D eigenvalue weighted by Crippen LogP contribution is -2.48. The number of rotatable bonds is 4. The molecule has 0 radical (unpaired) electrons. The molecule has 0 N–H and O–H groups in total. The van der Waals surface area contributed by atoms with Crippen LogP contribution in [0.5, 0.6) is 11.5 Å². The van der Waals surface area contributed by atoms with E-state index in [9.17, 15) is 4.79 Å². The van der Waals surface area contributed by atoms with Gasteiger partial charge in [-0.05, 0) is 18.2 Å². The Morgan fingerprint density at radius 3 is 2.50 bits per heavy atom. The van der Waals surface area contributed by atoms with E-state index in [2.05, 4.69) is 15.2 Å². The first-order chi connectivity index (χ1) is 13.6. The van der Waals surface area contributed by atoms with Crippen LogP contribution in [0.3, 0.4) is 0 Å². The zero-order valence-electron chi connectivity index (χ0n) is 16.0. The molecule has 1 fully saturated rings. The summed E-state index contributed by atoms with van der Waals surface area (Å²) in [6.45, 7) is 1.81. The summed E-state index contributed by atoms with van der Waals surface area (Å²) in [6.07, 6.45) is 3.51. The molecule has 0 unspecified atom stereocenters. The lowest BCUT2D eigenvalue weighted by Gasteiger charge is -2.32. The second kappa shape index (κ2) is 7.30. The first-order valence-corrected chi connectivity index (χ1v) is 8.93. The number of piperazine rings is 1. The largest absolute Gasteiger partial charge is 0.493 e. The van der Waals surface area contributed by atoms with Crippen LogP contribution in [0.2, 0.25) is 0 Å². The molecule has 1 aromatic carbocycles. The zero-order valence-corrected chi connectivity index (χ0v) is 16.0. The monoisotopic (exact) mass is 379 g/mol. The van der Waals surface area contributed by atoms with Crippen molar-refractivity contribution in [2.75, 3.05) is 45.8 Å². The van der Waals surface area contributed by atoms with Crippen LogP contribution in [0, 0.1) is 0 Å². The molecular weight excluding hydrogens is 358 g/mol. The highest BCUT2D eigenvalue weighted by Gasteiger charge is 2.22. The van der Waals surface area contributed by atoms with Crippen molar-refractivity contribution in [1.82, 2.24) is 20.1 Å². The summed E-state index contributed by atoms with van der Waals surface area (Å²) < 4.78 is 10.8. The zero-order chi connectivity index (χ0) is 19.7. The minimum atomic E-state index is 0.0995. The van der Waals surface area contributed by atoms with E-state index in [4.69, 9.17) is 9.47 Å². The Morgan fingerprint density at radius 1 is 1.04 bits per heavy atom. The van der Waals surface area contributed by atoms with Crippen molar-refractivity contribution in [3.8, 4) is 22.6 Å². The predicted molar refractivity (Wildman–Crippen MR) is 106 cm³/mol. The summed E-state index contributed by atoms with van der Waals surface area (Å²) in [5.74, 6) is 2.12. The number of pyridine rings is 1. The standard InChI is InChI=1S/C20H21N5O3/c1-24-6-7-25(12-20(24)26)19-5-4-13(10-21-19)15-11-22-23-16-9-18(28-3)17(27-2)8-14(15)16/h4-5,8-11H,6-7,12H2,1-3H3. The minimum absolute atomic E-state index is 0.0995. The average Bonchev–Trinajstić information content (AvgIpc) is 2.74. The molecule has 8 heteroatoms. The van der Waals surface area contributed by atoms with E-state index in [0.717, 1.165) is 28.9 Å². The topological polar surface area (TPSA) is 80.7 Å². The number of carbonyl (C=O) groups is 1. The van der Waals surface area contributed by atoms with Crippen LogP contribution in [0.4, 0.5) is 5.82 Å². The van der Waals surface area contributed by atoms with Crippen LogP contribution in [0.15, 0.2) is 36.7 Å². The van der Waals surface area contributed by atoms with E-state index in [0.29, 0.717) is 30.1 Å². The van der Waals surface area contributed by atoms with E-state index in [1.807, 2.05) is 36.2 Å². The third-order valence-electron chi connectivity index (χ3n) is 4.98. The Labute approximate surface area is 162 Å². The number of fused-ring (bicyclic) bond motifs is 1. The van der Waals surface area contributed by atoms with Crippen molar-refractivity contribution >= 4 is 22.6 Å². The third kappa shape index (κ3) is 3.17. The van der Waals surface area contributed by atoms with Gasteiger partial charge in [-0.25, -0.2) is 4.98 Å². The van der Waals surface area contributed by atoms with E-state index in [1.54, 1.807) is 31.5 Å². The minimum Gasteiger partial charge on any atom is -0.493 e. The Hall–Kier alpha value is -3.42. The number of amides is 1. The maximum atomic E-state index is 11.9. The van der Waals surface area contributed by atoms with Crippen molar-refractivity contribution in [2.24, 2.45) is 0 Å². The number of aromatic nitrogens is 3. The van der Waals surface area contributed by atoms with Crippen LogP contribution in [-0.2, 0) is 4.79 Å². The Kier molecular flexibility index (Phi) is 4.68. The summed E-state index contributed by atoms with van der Waals surface area (Å²) in [4.78, 5) is 20.2. The maximum absolute atomic E-state index is 11.9. The number of nitrogens with zero attached hydrogens (tertiary/aromatic N) is 5. The number of hydrogen-bond donors (Lipinski definition) is 0. The molecular formula is C20H21N5O3. The van der Waals surface area contributed by atoms with Crippen molar-refractivity contribution < 1.29 is 14.3 Å². The number of likely N-dealkylation sites (N-methyl/N-ethyl adjacent to an activating group) is 1. The molecule has 1 aliphatic heterocycles. The lowest BCUT2D eigenvalue weighted by molar-refractivity contribution is -0.129. The number of benzene rings is 1. The lowest BCUT2D eigenvalue weighted by atomic mass is 10.0. The van der Waals surface area contributed by atoms with E-state index < -0.39 is 0 Å². The molecule has 0 bridgehead atoms. The van der Waals surface area contributed by atoms with Crippen LogP contribution in [0.25, 0.3) is 22.0 Å². The average molecular weight is 379 g/mol. The normalized spacial score (nSPS) is 14.5. The number of ether oxygens (including phenoxy) is 2. The van der Waals surface area contributed by atoms with Crippen LogP contribution in [0.1, 0.15) is 0 Å². The Morgan fingerprint density at radius 2 is 1.82 bits per heavy atom. The van der Waals surface area contributed by atoms with Gasteiger partial charge in [0.25, 0.3) is 0 Å². The summed E-state index contributed by atoms with van der Waals surface area (Å²) >= 11 is 0. The fourth-order valence-electron chi connectivity index (χ4n) is 3.30. The van der Waals surface area contributed by atoms with Gasteiger partial charge < -0.3 is 19.3 Å². The molecule has 4 rings (SSSR count). The summed E-state index contributed by atoms with van der Waals surface area (Å²) in [5.41, 5.74) is 2.53. The second-order valence-electron chi connectivity index (χ2n) is 6.62. The van der Waals surface area contributed by atoms with Gasteiger partial charge in [0, 0.05) is 48.9 Å². The smallest absolute Gasteiger partial charge is 0.241 e. The van der Waals surface area contributed by atoms with Crippen molar-refractivity contribution in [2.45, 2.75) is 0 Å². The Bertz CT molecular complexity index is 1020. The van der Waals surface area contributed by atoms with Gasteiger partial charge in [-0.1, -0.05) is 0 Å². The maximum Gasteiger partial charge on any atom is 0.241 e. The van der Waals surface area contributed by atoms with Gasteiger partial charge in [-0.15, -0.1) is 0 Å². The number of anilines is 1. The summed E-state index contributed by atoms with van der Waals surface area (Å²) in [7, 11) is 5.01. The van der Waals surface area contributed by atoms with Gasteiger partial charge >= 0.3 is 0 Å². The van der Waals surface area contributed by atoms with Crippen LogP contribution < -0.4 is 14.4 Å². The molecule has 1 aliphatic rings. The Balaban J connectivity index is 1.69.